The van der Waals surface area contributed by atoms with Crippen molar-refractivity contribution in [3.8, 4) is 0 Å². The molecule has 116 valence electrons. The molecule has 2 rings (SSSR count). The van der Waals surface area contributed by atoms with Crippen LogP contribution in [0.5, 0.6) is 0 Å². The van der Waals surface area contributed by atoms with E-state index >= 15 is 0 Å². The van der Waals surface area contributed by atoms with Crippen molar-refractivity contribution in [2.24, 2.45) is 0 Å². The number of ether oxygens (including phenoxy) is 1. The van der Waals surface area contributed by atoms with Crippen LogP contribution in [0.3, 0.4) is 0 Å². The van der Waals surface area contributed by atoms with E-state index in [1.54, 1.807) is 6.07 Å². The second-order valence-corrected chi connectivity index (χ2v) is 5.49. The summed E-state index contributed by atoms with van der Waals surface area (Å²) in [5.74, 6) is -0.354. The highest BCUT2D eigenvalue weighted by Crippen LogP contribution is 2.20. The number of piperazine rings is 1. The van der Waals surface area contributed by atoms with Gasteiger partial charge in [-0.3, -0.25) is 4.90 Å². The Labute approximate surface area is 126 Å². The second-order valence-electron chi connectivity index (χ2n) is 5.49. The van der Waals surface area contributed by atoms with Crippen LogP contribution in [0.1, 0.15) is 29.3 Å². The van der Waals surface area contributed by atoms with E-state index in [-0.39, 0.29) is 5.97 Å². The first-order chi connectivity index (χ1) is 10.2. The molecule has 1 heterocycles. The van der Waals surface area contributed by atoms with Crippen LogP contribution >= 0.6 is 0 Å². The normalized spacial score (nSPS) is 16.9. The Morgan fingerprint density at radius 2 is 1.90 bits per heavy atom. The molecule has 5 heteroatoms. The third kappa shape index (κ3) is 3.95. The number of methoxy groups -OCH3 is 1. The lowest BCUT2D eigenvalue weighted by Crippen LogP contribution is -2.46. The number of carbonyl (C=O) groups is 1. The van der Waals surface area contributed by atoms with Gasteiger partial charge in [0.25, 0.3) is 0 Å². The minimum atomic E-state index is -0.354. The van der Waals surface area contributed by atoms with E-state index in [0.29, 0.717) is 11.3 Å². The van der Waals surface area contributed by atoms with E-state index in [0.717, 1.165) is 38.3 Å². The van der Waals surface area contributed by atoms with Crippen LogP contribution in [0.25, 0.3) is 0 Å². The molecule has 1 aromatic carbocycles. The van der Waals surface area contributed by atoms with Gasteiger partial charge in [0.05, 0.1) is 12.7 Å². The van der Waals surface area contributed by atoms with E-state index in [1.807, 2.05) is 12.1 Å². The average molecular weight is 291 g/mol. The van der Waals surface area contributed by atoms with Gasteiger partial charge in [-0.25, -0.2) is 4.79 Å². The molecule has 0 radical (unpaired) electrons. The molecular weight excluding hydrogens is 266 g/mol. The van der Waals surface area contributed by atoms with Crippen molar-refractivity contribution < 1.29 is 9.53 Å². The molecule has 0 aliphatic carbocycles. The van der Waals surface area contributed by atoms with Crippen molar-refractivity contribution in [3.05, 3.63) is 29.3 Å². The Hall–Kier alpha value is -1.59. The number of nitrogen functional groups attached to an aromatic ring is 1. The maximum absolute atomic E-state index is 11.9. The summed E-state index contributed by atoms with van der Waals surface area (Å²) in [6, 6.07) is 5.60. The SMILES string of the molecule is CCCN1CCN(Cc2cccc(N)c2C(=O)OC)CC1. The zero-order valence-corrected chi connectivity index (χ0v) is 13.0. The van der Waals surface area contributed by atoms with E-state index in [1.165, 1.54) is 20.1 Å². The van der Waals surface area contributed by atoms with Crippen molar-refractivity contribution in [1.82, 2.24) is 9.80 Å². The third-order valence-corrected chi connectivity index (χ3v) is 3.97. The van der Waals surface area contributed by atoms with Gasteiger partial charge in [-0.05, 0) is 24.6 Å². The molecule has 1 aliphatic rings. The van der Waals surface area contributed by atoms with Gasteiger partial charge in [-0.2, -0.15) is 0 Å². The molecule has 1 saturated heterocycles. The zero-order chi connectivity index (χ0) is 15.2. The van der Waals surface area contributed by atoms with E-state index < -0.39 is 0 Å². The largest absolute Gasteiger partial charge is 0.465 e. The topological polar surface area (TPSA) is 58.8 Å². The van der Waals surface area contributed by atoms with Gasteiger partial charge >= 0.3 is 5.97 Å². The van der Waals surface area contributed by atoms with Crippen LogP contribution < -0.4 is 5.73 Å². The summed E-state index contributed by atoms with van der Waals surface area (Å²) in [5.41, 5.74) is 7.89. The summed E-state index contributed by atoms with van der Waals surface area (Å²) >= 11 is 0. The zero-order valence-electron chi connectivity index (χ0n) is 13.0. The Morgan fingerprint density at radius 3 is 2.52 bits per heavy atom. The number of hydrogen-bond donors (Lipinski definition) is 1. The van der Waals surface area contributed by atoms with Crippen LogP contribution in [0.4, 0.5) is 5.69 Å². The Morgan fingerprint density at radius 1 is 1.24 bits per heavy atom. The number of nitrogens with zero attached hydrogens (tertiary/aromatic N) is 2. The van der Waals surface area contributed by atoms with Crippen LogP contribution in [0.2, 0.25) is 0 Å². The summed E-state index contributed by atoms with van der Waals surface area (Å²) in [6.07, 6.45) is 1.20. The average Bonchev–Trinajstić information content (AvgIpc) is 2.49. The molecule has 0 unspecified atom stereocenters. The van der Waals surface area contributed by atoms with E-state index in [2.05, 4.69) is 16.7 Å². The quantitative estimate of drug-likeness (QED) is 0.659. The monoisotopic (exact) mass is 291 g/mol. The highest BCUT2D eigenvalue weighted by Gasteiger charge is 2.20. The number of benzene rings is 1. The highest BCUT2D eigenvalue weighted by molar-refractivity contribution is 5.96. The van der Waals surface area contributed by atoms with Crippen LogP contribution in [0.15, 0.2) is 18.2 Å². The maximum Gasteiger partial charge on any atom is 0.340 e. The fraction of sp³-hybridized carbons (Fsp3) is 0.562. The molecule has 0 spiro atoms. The number of esters is 1. The first kappa shape index (κ1) is 15.8. The molecule has 5 nitrogen and oxygen atoms in total. The molecule has 21 heavy (non-hydrogen) atoms. The van der Waals surface area contributed by atoms with Crippen LogP contribution in [-0.2, 0) is 11.3 Å². The van der Waals surface area contributed by atoms with Gasteiger partial charge < -0.3 is 15.4 Å². The molecule has 2 N–H and O–H groups in total. The van der Waals surface area contributed by atoms with Crippen LogP contribution in [0, 0.1) is 0 Å². The number of hydrogen-bond acceptors (Lipinski definition) is 5. The van der Waals surface area contributed by atoms with Crippen molar-refractivity contribution in [2.75, 3.05) is 45.6 Å². The lowest BCUT2D eigenvalue weighted by atomic mass is 10.0. The fourth-order valence-electron chi connectivity index (χ4n) is 2.83. The molecular formula is C16H25N3O2. The fourth-order valence-corrected chi connectivity index (χ4v) is 2.83. The molecule has 0 atom stereocenters. The van der Waals surface area contributed by atoms with Crippen molar-refractivity contribution in [1.29, 1.82) is 0 Å². The van der Waals surface area contributed by atoms with E-state index in [9.17, 15) is 4.79 Å². The van der Waals surface area contributed by atoms with Gasteiger partial charge in [0.1, 0.15) is 0 Å². The first-order valence-corrected chi connectivity index (χ1v) is 7.56. The minimum Gasteiger partial charge on any atom is -0.465 e. The van der Waals surface area contributed by atoms with E-state index in [4.69, 9.17) is 10.5 Å². The van der Waals surface area contributed by atoms with Gasteiger partial charge in [0.15, 0.2) is 0 Å². The summed E-state index contributed by atoms with van der Waals surface area (Å²) in [6.45, 7) is 8.34. The minimum absolute atomic E-state index is 0.354. The maximum atomic E-state index is 11.9. The number of carbonyl (C=O) groups excluding carboxylic acids is 1. The smallest absolute Gasteiger partial charge is 0.340 e. The number of nitrogens with two attached hydrogens (primary N) is 1. The van der Waals surface area contributed by atoms with Crippen LogP contribution in [-0.4, -0.2) is 55.6 Å². The lowest BCUT2D eigenvalue weighted by molar-refractivity contribution is 0.0598. The lowest BCUT2D eigenvalue weighted by Gasteiger charge is -2.34. The summed E-state index contributed by atoms with van der Waals surface area (Å²) in [5, 5.41) is 0. The summed E-state index contributed by atoms with van der Waals surface area (Å²) in [4.78, 5) is 16.8. The Kier molecular flexibility index (Phi) is 5.59. The van der Waals surface area contributed by atoms with Gasteiger partial charge in [0, 0.05) is 38.4 Å². The third-order valence-electron chi connectivity index (χ3n) is 3.97. The Balaban J connectivity index is 2.04. The Bertz CT molecular complexity index is 482. The summed E-state index contributed by atoms with van der Waals surface area (Å²) < 4.78 is 4.85. The van der Waals surface area contributed by atoms with Gasteiger partial charge in [-0.15, -0.1) is 0 Å². The molecule has 1 aliphatic heterocycles. The van der Waals surface area contributed by atoms with Gasteiger partial charge in [0.2, 0.25) is 0 Å². The number of anilines is 1. The predicted octanol–water partition coefficient (Wildman–Crippen LogP) is 1.58. The number of rotatable bonds is 5. The predicted molar refractivity (Wildman–Crippen MR) is 84.2 cm³/mol. The second kappa shape index (κ2) is 7.43. The van der Waals surface area contributed by atoms with Crippen molar-refractivity contribution in [3.63, 3.8) is 0 Å². The molecule has 0 amide bonds. The van der Waals surface area contributed by atoms with Crippen molar-refractivity contribution >= 4 is 11.7 Å². The van der Waals surface area contributed by atoms with Crippen molar-refractivity contribution in [2.45, 2.75) is 19.9 Å². The molecule has 1 fully saturated rings. The first-order valence-electron chi connectivity index (χ1n) is 7.56. The standard InChI is InChI=1S/C16H25N3O2/c1-3-7-18-8-10-19(11-9-18)12-13-5-4-6-14(17)15(13)16(20)21-2/h4-6H,3,7-12,17H2,1-2H3. The molecule has 0 saturated carbocycles. The molecule has 0 bridgehead atoms. The highest BCUT2D eigenvalue weighted by atomic mass is 16.5. The summed E-state index contributed by atoms with van der Waals surface area (Å²) in [7, 11) is 1.39. The molecule has 1 aromatic rings. The molecule has 0 aromatic heterocycles. The van der Waals surface area contributed by atoms with Gasteiger partial charge in [-0.1, -0.05) is 19.1 Å².